The van der Waals surface area contributed by atoms with Crippen LogP contribution in [0.5, 0.6) is 11.5 Å². The van der Waals surface area contributed by atoms with Crippen LogP contribution >= 0.6 is 11.8 Å². The number of benzene rings is 2. The molecule has 2 aromatic carbocycles. The van der Waals surface area contributed by atoms with Crippen LogP contribution in [0.1, 0.15) is 78.7 Å². The van der Waals surface area contributed by atoms with Crippen molar-refractivity contribution in [2.75, 3.05) is 5.32 Å². The Morgan fingerprint density at radius 3 is 2.40 bits per heavy atom. The minimum absolute atomic E-state index is 0.0451. The molecular weight excluding hydrogens is 615 g/mol. The van der Waals surface area contributed by atoms with Crippen LogP contribution < -0.4 is 5.32 Å². The fourth-order valence-electron chi connectivity index (χ4n) is 8.67. The largest absolute Gasteiger partial charge is 0.506 e. The number of hydrogen-bond acceptors (Lipinski definition) is 8. The van der Waals surface area contributed by atoms with Crippen LogP contribution in [-0.4, -0.2) is 55.0 Å². The number of carbonyl (C=O) groups excluding carboxylic acids is 3. The first-order valence-electron chi connectivity index (χ1n) is 14.7. The summed E-state index contributed by atoms with van der Waals surface area (Å²) in [5.74, 6) is -3.63. The summed E-state index contributed by atoms with van der Waals surface area (Å²) in [5, 5.41) is 31.3. The molecule has 0 radical (unpaired) electrons. The van der Waals surface area contributed by atoms with E-state index in [-0.39, 0.29) is 48.5 Å². The second kappa shape index (κ2) is 10.5. The topological polar surface area (TPSA) is 150 Å². The molecule has 7 atom stereocenters. The van der Waals surface area contributed by atoms with Crippen LogP contribution in [0.2, 0.25) is 0 Å². The standard InChI is InChI=1S/C32H32F3NO8S/c1-29(10-9-23(39)36-24-19(37)8-7-18(25(24)40)27(41)42)21(38)12-22(31-13-17-11-20(26(29)31)44-30(17,2)14-31)45-28(43)15-3-5-16(6-4-15)32(33,34)35/h3-8,17,20,22,26,37,40H,9-14H2,1-2H3,(H,36,39)(H,41,42)/t17-,20-,22-,26-,29+,30-,31-/m0/s1. The average molecular weight is 648 g/mol. The molecule has 7 rings (SSSR count). The summed E-state index contributed by atoms with van der Waals surface area (Å²) in [6.45, 7) is 3.86. The average Bonchev–Trinajstić information content (AvgIpc) is 3.33. The van der Waals surface area contributed by atoms with Crippen LogP contribution in [0.25, 0.3) is 0 Å². The third-order valence-corrected chi connectivity index (χ3v) is 12.0. The summed E-state index contributed by atoms with van der Waals surface area (Å²) < 4.78 is 45.7. The first-order chi connectivity index (χ1) is 21.0. The number of aromatic hydroxyl groups is 2. The molecule has 240 valence electrons. The molecular formula is C32H32F3NO8S. The molecule has 3 aliphatic carbocycles. The third kappa shape index (κ3) is 4.98. The van der Waals surface area contributed by atoms with Gasteiger partial charge in [-0.3, -0.25) is 14.4 Å². The first-order valence-corrected chi connectivity index (χ1v) is 15.5. The van der Waals surface area contributed by atoms with E-state index in [1.807, 2.05) is 13.8 Å². The molecule has 5 aliphatic rings. The number of aromatic carboxylic acids is 1. The van der Waals surface area contributed by atoms with Crippen molar-refractivity contribution >= 4 is 40.2 Å². The number of anilines is 1. The molecule has 4 N–H and O–H groups in total. The zero-order valence-electron chi connectivity index (χ0n) is 24.4. The van der Waals surface area contributed by atoms with E-state index in [2.05, 4.69) is 5.32 Å². The second-order valence-electron chi connectivity index (χ2n) is 13.2. The Morgan fingerprint density at radius 2 is 1.78 bits per heavy atom. The molecule has 2 aliphatic heterocycles. The number of phenolic OH excluding ortho intramolecular Hbond substituents is 1. The van der Waals surface area contributed by atoms with Crippen molar-refractivity contribution in [2.45, 2.75) is 75.5 Å². The lowest BCUT2D eigenvalue weighted by Gasteiger charge is -2.60. The lowest BCUT2D eigenvalue weighted by molar-refractivity contribution is -0.189. The van der Waals surface area contributed by atoms with Crippen molar-refractivity contribution < 1.29 is 52.4 Å². The molecule has 4 bridgehead atoms. The molecule has 0 unspecified atom stereocenters. The highest BCUT2D eigenvalue weighted by atomic mass is 32.2. The quantitative estimate of drug-likeness (QED) is 0.264. The Labute approximate surface area is 260 Å². The van der Waals surface area contributed by atoms with Crippen molar-refractivity contribution in [3.8, 4) is 11.5 Å². The van der Waals surface area contributed by atoms with E-state index in [1.54, 1.807) is 0 Å². The van der Waals surface area contributed by atoms with Crippen molar-refractivity contribution in [2.24, 2.45) is 22.7 Å². The molecule has 1 spiro atoms. The summed E-state index contributed by atoms with van der Waals surface area (Å²) >= 11 is 1.00. The van der Waals surface area contributed by atoms with Gasteiger partial charge in [0.2, 0.25) is 11.0 Å². The number of carboxylic acids is 1. The molecule has 0 aromatic heterocycles. The van der Waals surface area contributed by atoms with Crippen molar-refractivity contribution in [1.82, 2.24) is 0 Å². The molecule has 2 aromatic rings. The van der Waals surface area contributed by atoms with Gasteiger partial charge in [-0.2, -0.15) is 13.2 Å². The van der Waals surface area contributed by atoms with Gasteiger partial charge in [-0.15, -0.1) is 0 Å². The van der Waals surface area contributed by atoms with Crippen molar-refractivity contribution in [3.05, 3.63) is 53.1 Å². The molecule has 2 saturated heterocycles. The molecule has 13 heteroatoms. The minimum Gasteiger partial charge on any atom is -0.506 e. The van der Waals surface area contributed by atoms with Gasteiger partial charge in [0.25, 0.3) is 0 Å². The molecule has 9 nitrogen and oxygen atoms in total. The van der Waals surface area contributed by atoms with Crippen LogP contribution in [0.4, 0.5) is 18.9 Å². The summed E-state index contributed by atoms with van der Waals surface area (Å²) in [4.78, 5) is 51.8. The monoisotopic (exact) mass is 647 g/mol. The highest BCUT2D eigenvalue weighted by Gasteiger charge is 2.75. The number of halogens is 3. The number of amides is 1. The first kappa shape index (κ1) is 31.4. The Bertz CT molecular complexity index is 1610. The number of carboxylic acid groups (broad SMARTS) is 1. The van der Waals surface area contributed by atoms with E-state index in [4.69, 9.17) is 4.74 Å². The summed E-state index contributed by atoms with van der Waals surface area (Å²) in [6.07, 6.45) is -2.75. The lowest BCUT2D eigenvalue weighted by atomic mass is 9.48. The normalized spacial score (nSPS) is 33.2. The Balaban J connectivity index is 1.24. The number of ketones is 1. The fourth-order valence-corrected chi connectivity index (χ4v) is 9.99. The van der Waals surface area contributed by atoms with Gasteiger partial charge in [0.1, 0.15) is 22.8 Å². The van der Waals surface area contributed by atoms with E-state index < -0.39 is 73.2 Å². The Hall–Kier alpha value is -3.58. The highest BCUT2D eigenvalue weighted by molar-refractivity contribution is 8.14. The minimum atomic E-state index is -4.53. The van der Waals surface area contributed by atoms with E-state index in [0.29, 0.717) is 6.42 Å². The molecule has 1 amide bonds. The SMILES string of the molecule is C[C@]12C[C@]34C[C@@H]1C[C@H](O2)[C@H]3[C@](C)(CCC(=O)Nc1c(O)ccc(C(=O)O)c1O)C(=O)C[C@@H]4SC(=O)c1ccc(C(F)(F)F)cc1. The molecule has 45 heavy (non-hydrogen) atoms. The van der Waals surface area contributed by atoms with Gasteiger partial charge in [-0.1, -0.05) is 18.7 Å². The van der Waals surface area contributed by atoms with E-state index in [1.165, 1.54) is 0 Å². The van der Waals surface area contributed by atoms with Crippen LogP contribution in [0.15, 0.2) is 36.4 Å². The van der Waals surface area contributed by atoms with Crippen molar-refractivity contribution in [3.63, 3.8) is 0 Å². The van der Waals surface area contributed by atoms with E-state index in [0.717, 1.165) is 61.0 Å². The second-order valence-corrected chi connectivity index (χ2v) is 14.4. The molecule has 3 saturated carbocycles. The summed E-state index contributed by atoms with van der Waals surface area (Å²) in [5.41, 5.74) is -3.58. The number of ether oxygens (including phenoxy) is 1. The van der Waals surface area contributed by atoms with Crippen LogP contribution in [-0.2, 0) is 20.5 Å². The van der Waals surface area contributed by atoms with E-state index in [9.17, 15) is 47.7 Å². The molecule has 2 heterocycles. The number of Topliss-reactive ketones (excluding diaryl/α,β-unsaturated/α-hetero) is 1. The van der Waals surface area contributed by atoms with Gasteiger partial charge in [0, 0.05) is 35.0 Å². The highest BCUT2D eigenvalue weighted by Crippen LogP contribution is 2.74. The van der Waals surface area contributed by atoms with Gasteiger partial charge in [-0.25, -0.2) is 4.79 Å². The summed E-state index contributed by atoms with van der Waals surface area (Å²) in [7, 11) is 0. The number of nitrogens with one attached hydrogen (secondary N) is 1. The Kier molecular flexibility index (Phi) is 7.31. The molecule has 5 fully saturated rings. The van der Waals surface area contributed by atoms with Gasteiger partial charge in [-0.05, 0) is 80.3 Å². The number of rotatable bonds is 7. The van der Waals surface area contributed by atoms with E-state index >= 15 is 0 Å². The third-order valence-electron chi connectivity index (χ3n) is 10.7. The maximum atomic E-state index is 14.0. The number of carbonyl (C=O) groups is 4. The van der Waals surface area contributed by atoms with Gasteiger partial charge in [0.15, 0.2) is 5.75 Å². The predicted octanol–water partition coefficient (Wildman–Crippen LogP) is 6.03. The van der Waals surface area contributed by atoms with Crippen molar-refractivity contribution in [1.29, 1.82) is 0 Å². The maximum Gasteiger partial charge on any atom is 0.416 e. The smallest absolute Gasteiger partial charge is 0.416 e. The zero-order valence-corrected chi connectivity index (χ0v) is 25.3. The predicted molar refractivity (Wildman–Crippen MR) is 156 cm³/mol. The summed E-state index contributed by atoms with van der Waals surface area (Å²) in [6, 6.07) is 6.10. The zero-order chi connectivity index (χ0) is 32.7. The van der Waals surface area contributed by atoms with Gasteiger partial charge < -0.3 is 25.4 Å². The lowest BCUT2D eigenvalue weighted by Crippen LogP contribution is -2.63. The maximum absolute atomic E-state index is 14.0. The number of alkyl halides is 3. The number of thioether (sulfide) groups is 1. The van der Waals surface area contributed by atoms with Crippen LogP contribution in [0.3, 0.4) is 0 Å². The number of phenols is 2. The van der Waals surface area contributed by atoms with Crippen LogP contribution in [0, 0.1) is 22.7 Å². The fraction of sp³-hybridized carbons (Fsp3) is 0.500. The Morgan fingerprint density at radius 1 is 1.09 bits per heavy atom. The van der Waals surface area contributed by atoms with Gasteiger partial charge >= 0.3 is 12.1 Å². The number of hydrogen-bond donors (Lipinski definition) is 4. The van der Waals surface area contributed by atoms with Gasteiger partial charge in [0.05, 0.1) is 17.3 Å².